The molecule has 3 rings (SSSR count). The first-order chi connectivity index (χ1) is 10.0. The lowest BCUT2D eigenvalue weighted by molar-refractivity contribution is -0.0585. The van der Waals surface area contributed by atoms with Gasteiger partial charge in [0.15, 0.2) is 0 Å². The fraction of sp³-hybridized carbons (Fsp3) is 0.714. The Balaban J connectivity index is 1.92. The summed E-state index contributed by atoms with van der Waals surface area (Å²) in [6.45, 7) is 2.62. The fourth-order valence-corrected chi connectivity index (χ4v) is 6.49. The molecule has 2 fully saturated rings. The summed E-state index contributed by atoms with van der Waals surface area (Å²) in [7, 11) is -3.48. The molecule has 1 saturated carbocycles. The number of hydrogen-bond donors (Lipinski definition) is 1. The van der Waals surface area contributed by atoms with Crippen LogP contribution in [0.4, 0.5) is 0 Å². The Labute approximate surface area is 129 Å². The van der Waals surface area contributed by atoms with Crippen LogP contribution in [0.1, 0.15) is 36.1 Å². The van der Waals surface area contributed by atoms with Crippen molar-refractivity contribution in [1.82, 2.24) is 4.31 Å². The van der Waals surface area contributed by atoms with E-state index in [4.69, 9.17) is 4.74 Å². The number of rotatable bonds is 3. The molecule has 1 aromatic rings. The SMILES string of the molecule is Cc1cc(S(=O)(=O)N2CCOC3CCCCC32)sc1CO. The molecule has 118 valence electrons. The number of nitrogens with zero attached hydrogens (tertiary/aromatic N) is 1. The van der Waals surface area contributed by atoms with Gasteiger partial charge in [-0.3, -0.25) is 0 Å². The van der Waals surface area contributed by atoms with Crippen LogP contribution in [-0.2, 0) is 21.4 Å². The molecular formula is C14H21NO4S2. The Morgan fingerprint density at radius 3 is 2.90 bits per heavy atom. The van der Waals surface area contributed by atoms with E-state index in [0.29, 0.717) is 17.4 Å². The van der Waals surface area contributed by atoms with E-state index in [0.717, 1.165) is 36.1 Å². The lowest BCUT2D eigenvalue weighted by Gasteiger charge is -2.42. The van der Waals surface area contributed by atoms with Crippen molar-refractivity contribution in [3.05, 3.63) is 16.5 Å². The molecule has 0 aromatic carbocycles. The molecule has 2 heterocycles. The maximum Gasteiger partial charge on any atom is 0.252 e. The number of hydrogen-bond acceptors (Lipinski definition) is 5. The lowest BCUT2D eigenvalue weighted by atomic mass is 9.91. The highest BCUT2D eigenvalue weighted by molar-refractivity contribution is 7.91. The Hall–Kier alpha value is -0.470. The molecule has 0 spiro atoms. The summed E-state index contributed by atoms with van der Waals surface area (Å²) in [5.74, 6) is 0. The minimum absolute atomic E-state index is 0.0301. The second kappa shape index (κ2) is 5.96. The Morgan fingerprint density at radius 2 is 2.19 bits per heavy atom. The van der Waals surface area contributed by atoms with Gasteiger partial charge in [0.05, 0.1) is 25.4 Å². The number of fused-ring (bicyclic) bond motifs is 1. The molecule has 0 radical (unpaired) electrons. The van der Waals surface area contributed by atoms with E-state index >= 15 is 0 Å². The molecule has 7 heteroatoms. The second-order valence-electron chi connectivity index (χ2n) is 5.71. The van der Waals surface area contributed by atoms with Gasteiger partial charge in [-0.25, -0.2) is 8.42 Å². The average molecular weight is 331 g/mol. The third-order valence-electron chi connectivity index (χ3n) is 4.39. The van der Waals surface area contributed by atoms with Gasteiger partial charge in [-0.05, 0) is 31.4 Å². The predicted molar refractivity (Wildman–Crippen MR) is 80.9 cm³/mol. The highest BCUT2D eigenvalue weighted by atomic mass is 32.2. The highest BCUT2D eigenvalue weighted by Gasteiger charge is 2.41. The Kier molecular flexibility index (Phi) is 4.38. The monoisotopic (exact) mass is 331 g/mol. The number of aryl methyl sites for hydroxylation is 1. The molecule has 0 bridgehead atoms. The smallest absolute Gasteiger partial charge is 0.252 e. The van der Waals surface area contributed by atoms with Crippen molar-refractivity contribution in [3.63, 3.8) is 0 Å². The topological polar surface area (TPSA) is 66.8 Å². The van der Waals surface area contributed by atoms with Gasteiger partial charge < -0.3 is 9.84 Å². The van der Waals surface area contributed by atoms with E-state index in [1.54, 1.807) is 10.4 Å². The maximum absolute atomic E-state index is 12.9. The average Bonchev–Trinajstić information content (AvgIpc) is 2.88. The van der Waals surface area contributed by atoms with Gasteiger partial charge in [0.25, 0.3) is 10.0 Å². The summed E-state index contributed by atoms with van der Waals surface area (Å²) in [6, 6.07) is 1.65. The van der Waals surface area contributed by atoms with Crippen LogP contribution in [0.25, 0.3) is 0 Å². The van der Waals surface area contributed by atoms with Gasteiger partial charge in [-0.2, -0.15) is 4.31 Å². The Bertz CT molecular complexity index is 608. The summed E-state index contributed by atoms with van der Waals surface area (Å²) in [6.07, 6.45) is 4.04. The first kappa shape index (κ1) is 15.4. The maximum atomic E-state index is 12.9. The van der Waals surface area contributed by atoms with E-state index in [9.17, 15) is 13.5 Å². The molecule has 1 N–H and O–H groups in total. The molecule has 1 saturated heterocycles. The zero-order valence-electron chi connectivity index (χ0n) is 12.1. The number of thiophene rings is 1. The molecule has 1 aromatic heterocycles. The normalized spacial score (nSPS) is 27.5. The van der Waals surface area contributed by atoms with E-state index in [1.807, 2.05) is 6.92 Å². The van der Waals surface area contributed by atoms with Crippen LogP contribution in [-0.4, -0.2) is 43.1 Å². The third-order valence-corrected chi connectivity index (χ3v) is 7.98. The first-order valence-corrected chi connectivity index (χ1v) is 9.63. The van der Waals surface area contributed by atoms with Crippen molar-refractivity contribution in [2.24, 2.45) is 0 Å². The van der Waals surface area contributed by atoms with Crippen LogP contribution in [0.2, 0.25) is 0 Å². The second-order valence-corrected chi connectivity index (χ2v) is 8.96. The number of sulfonamides is 1. The number of morpholine rings is 1. The van der Waals surface area contributed by atoms with Crippen LogP contribution in [0.3, 0.4) is 0 Å². The quantitative estimate of drug-likeness (QED) is 0.918. The number of aliphatic hydroxyl groups excluding tert-OH is 1. The van der Waals surface area contributed by atoms with Crippen molar-refractivity contribution in [2.45, 2.75) is 55.6 Å². The summed E-state index contributed by atoms with van der Waals surface area (Å²) in [4.78, 5) is 0.724. The summed E-state index contributed by atoms with van der Waals surface area (Å²) < 4.78 is 33.6. The number of aliphatic hydroxyl groups is 1. The fourth-order valence-electron chi connectivity index (χ4n) is 3.25. The third kappa shape index (κ3) is 2.77. The van der Waals surface area contributed by atoms with Gasteiger partial charge in [-0.1, -0.05) is 12.8 Å². The molecule has 2 aliphatic rings. The zero-order chi connectivity index (χ0) is 15.0. The number of ether oxygens (including phenoxy) is 1. The molecule has 2 atom stereocenters. The minimum atomic E-state index is -3.48. The Morgan fingerprint density at radius 1 is 1.43 bits per heavy atom. The summed E-state index contributed by atoms with van der Waals surface area (Å²) in [5, 5.41) is 9.28. The molecule has 0 amide bonds. The van der Waals surface area contributed by atoms with Crippen molar-refractivity contribution in [2.75, 3.05) is 13.2 Å². The van der Waals surface area contributed by atoms with E-state index in [1.165, 1.54) is 11.3 Å². The van der Waals surface area contributed by atoms with Crippen molar-refractivity contribution in [1.29, 1.82) is 0 Å². The van der Waals surface area contributed by atoms with E-state index < -0.39 is 10.0 Å². The van der Waals surface area contributed by atoms with Gasteiger partial charge >= 0.3 is 0 Å². The molecule has 2 unspecified atom stereocenters. The lowest BCUT2D eigenvalue weighted by Crippen LogP contribution is -2.54. The molecular weight excluding hydrogens is 310 g/mol. The van der Waals surface area contributed by atoms with Crippen molar-refractivity contribution < 1.29 is 18.3 Å². The largest absolute Gasteiger partial charge is 0.391 e. The molecule has 21 heavy (non-hydrogen) atoms. The van der Waals surface area contributed by atoms with E-state index in [-0.39, 0.29) is 18.8 Å². The van der Waals surface area contributed by atoms with Gasteiger partial charge in [0.2, 0.25) is 0 Å². The van der Waals surface area contributed by atoms with E-state index in [2.05, 4.69) is 0 Å². The van der Waals surface area contributed by atoms with Crippen molar-refractivity contribution in [3.8, 4) is 0 Å². The zero-order valence-corrected chi connectivity index (χ0v) is 13.8. The molecule has 1 aliphatic carbocycles. The summed E-state index contributed by atoms with van der Waals surface area (Å²) >= 11 is 1.18. The van der Waals surface area contributed by atoms with Crippen LogP contribution >= 0.6 is 11.3 Å². The minimum Gasteiger partial charge on any atom is -0.391 e. The van der Waals surface area contributed by atoms with Gasteiger partial charge in [0, 0.05) is 11.4 Å². The van der Waals surface area contributed by atoms with Crippen LogP contribution in [0.15, 0.2) is 10.3 Å². The highest BCUT2D eigenvalue weighted by Crippen LogP contribution is 2.35. The standard InChI is InChI=1S/C14H21NO4S2/c1-10-8-14(20-13(10)9-16)21(17,18)15-6-7-19-12-5-3-2-4-11(12)15/h8,11-12,16H,2-7,9H2,1H3. The van der Waals surface area contributed by atoms with Gasteiger partial charge in [-0.15, -0.1) is 11.3 Å². The molecule has 5 nitrogen and oxygen atoms in total. The van der Waals surface area contributed by atoms with Crippen LogP contribution < -0.4 is 0 Å². The summed E-state index contributed by atoms with van der Waals surface area (Å²) in [5.41, 5.74) is 0.842. The molecule has 1 aliphatic heterocycles. The first-order valence-electron chi connectivity index (χ1n) is 7.37. The van der Waals surface area contributed by atoms with Crippen LogP contribution in [0, 0.1) is 6.92 Å². The van der Waals surface area contributed by atoms with Crippen LogP contribution in [0.5, 0.6) is 0 Å². The van der Waals surface area contributed by atoms with Crippen molar-refractivity contribution >= 4 is 21.4 Å². The predicted octanol–water partition coefficient (Wildman–Crippen LogP) is 1.88. The van der Waals surface area contributed by atoms with Gasteiger partial charge in [0.1, 0.15) is 4.21 Å².